The molecular formula is C7H12O6. The molecule has 0 amide bonds. The number of carbonyl (C=O) groups excluding carboxylic acids is 1. The van der Waals surface area contributed by atoms with Crippen LogP contribution in [0.5, 0.6) is 0 Å². The summed E-state index contributed by atoms with van der Waals surface area (Å²) in [5.41, 5.74) is 0. The highest BCUT2D eigenvalue weighted by atomic mass is 16.6. The highest BCUT2D eigenvalue weighted by Crippen LogP contribution is 2.22. The van der Waals surface area contributed by atoms with Crippen molar-refractivity contribution >= 4 is 5.78 Å². The van der Waals surface area contributed by atoms with Crippen LogP contribution in [0.1, 0.15) is 6.92 Å². The number of hydrogen-bond donors (Lipinski definition) is 4. The Bertz CT molecular complexity index is 203. The molecule has 1 aliphatic rings. The Balaban J connectivity index is 2.76. The average molecular weight is 192 g/mol. The van der Waals surface area contributed by atoms with Gasteiger partial charge in [-0.15, -0.1) is 0 Å². The summed E-state index contributed by atoms with van der Waals surface area (Å²) in [5.74, 6) is -1.59. The molecular weight excluding hydrogens is 180 g/mol. The van der Waals surface area contributed by atoms with E-state index in [1.54, 1.807) is 0 Å². The van der Waals surface area contributed by atoms with Crippen LogP contribution in [0, 0.1) is 5.92 Å². The fraction of sp³-hybridized carbons (Fsp3) is 0.857. The number of aliphatic hydroxyl groups is 4. The summed E-state index contributed by atoms with van der Waals surface area (Å²) >= 11 is 0. The van der Waals surface area contributed by atoms with E-state index in [0.717, 1.165) is 0 Å². The first-order valence-corrected chi connectivity index (χ1v) is 3.86. The third-order valence-electron chi connectivity index (χ3n) is 2.08. The van der Waals surface area contributed by atoms with Crippen LogP contribution < -0.4 is 0 Å². The van der Waals surface area contributed by atoms with Gasteiger partial charge in [0.25, 0.3) is 0 Å². The van der Waals surface area contributed by atoms with Gasteiger partial charge in [-0.3, -0.25) is 4.79 Å². The van der Waals surface area contributed by atoms with Gasteiger partial charge in [0.15, 0.2) is 24.5 Å². The zero-order valence-corrected chi connectivity index (χ0v) is 6.99. The molecule has 0 unspecified atom stereocenters. The maximum atomic E-state index is 11.1. The zero-order chi connectivity index (χ0) is 10.2. The van der Waals surface area contributed by atoms with Crippen molar-refractivity contribution in [1.82, 2.24) is 0 Å². The van der Waals surface area contributed by atoms with E-state index in [4.69, 9.17) is 15.3 Å². The lowest BCUT2D eigenvalue weighted by Gasteiger charge is -2.34. The van der Waals surface area contributed by atoms with Gasteiger partial charge in [-0.2, -0.15) is 0 Å². The van der Waals surface area contributed by atoms with Crippen LogP contribution >= 0.6 is 0 Å². The first-order chi connectivity index (χ1) is 5.95. The topological polar surface area (TPSA) is 107 Å². The Morgan fingerprint density at radius 2 is 1.92 bits per heavy atom. The van der Waals surface area contributed by atoms with Gasteiger partial charge < -0.3 is 25.2 Å². The van der Waals surface area contributed by atoms with Crippen LogP contribution in [-0.4, -0.2) is 51.0 Å². The number of hydrogen-bond acceptors (Lipinski definition) is 6. The van der Waals surface area contributed by atoms with E-state index in [-0.39, 0.29) is 0 Å². The molecule has 1 saturated heterocycles. The number of rotatable bonds is 1. The molecule has 1 fully saturated rings. The lowest BCUT2D eigenvalue weighted by Crippen LogP contribution is -2.54. The molecule has 6 nitrogen and oxygen atoms in total. The summed E-state index contributed by atoms with van der Waals surface area (Å²) < 4.78 is 4.59. The Kier molecular flexibility index (Phi) is 2.99. The average Bonchev–Trinajstić information content (AvgIpc) is 2.07. The molecule has 0 spiro atoms. The van der Waals surface area contributed by atoms with Gasteiger partial charge in [0.05, 0.1) is 0 Å². The van der Waals surface area contributed by atoms with Crippen molar-refractivity contribution in [3.05, 3.63) is 0 Å². The van der Waals surface area contributed by atoms with Gasteiger partial charge in [0.1, 0.15) is 6.10 Å². The van der Waals surface area contributed by atoms with Crippen LogP contribution in [0.3, 0.4) is 0 Å². The van der Waals surface area contributed by atoms with Gasteiger partial charge in [-0.25, -0.2) is 0 Å². The van der Waals surface area contributed by atoms with Crippen molar-refractivity contribution in [1.29, 1.82) is 0 Å². The molecule has 0 aliphatic carbocycles. The highest BCUT2D eigenvalue weighted by molar-refractivity contribution is 5.88. The van der Waals surface area contributed by atoms with Gasteiger partial charge >= 0.3 is 0 Å². The van der Waals surface area contributed by atoms with Crippen molar-refractivity contribution in [3.8, 4) is 0 Å². The van der Waals surface area contributed by atoms with Gasteiger partial charge in [0.2, 0.25) is 0 Å². The van der Waals surface area contributed by atoms with Crippen LogP contribution in [-0.2, 0) is 9.53 Å². The second-order valence-electron chi connectivity index (χ2n) is 3.07. The van der Waals surface area contributed by atoms with Crippen molar-refractivity contribution in [2.75, 3.05) is 0 Å². The van der Waals surface area contributed by atoms with Crippen LogP contribution in [0.2, 0.25) is 0 Å². The van der Waals surface area contributed by atoms with Crippen LogP contribution in [0.4, 0.5) is 0 Å². The van der Waals surface area contributed by atoms with Crippen molar-refractivity contribution < 1.29 is 30.0 Å². The molecule has 0 bridgehead atoms. The molecule has 4 atom stereocenters. The SMILES string of the molecule is C[C@H]1[C@H](O)C(=O)[C@H](C(O)O)O[C@@H]1O. The molecule has 0 aromatic rings. The minimum atomic E-state index is -2.02. The number of Topliss-reactive ketones (excluding diaryl/α,β-unsaturated/α-hetero) is 1. The predicted octanol–water partition coefficient (Wildman–Crippen LogP) is -2.42. The first-order valence-electron chi connectivity index (χ1n) is 3.86. The Labute approximate surface area is 74.4 Å². The smallest absolute Gasteiger partial charge is 0.195 e. The Morgan fingerprint density at radius 1 is 1.38 bits per heavy atom. The van der Waals surface area contributed by atoms with Crippen LogP contribution in [0.15, 0.2) is 0 Å². The fourth-order valence-electron chi connectivity index (χ4n) is 1.14. The van der Waals surface area contributed by atoms with E-state index in [0.29, 0.717) is 0 Å². The van der Waals surface area contributed by atoms with E-state index in [9.17, 15) is 9.90 Å². The molecule has 6 heteroatoms. The molecule has 1 rings (SSSR count). The normalized spacial score (nSPS) is 41.2. The van der Waals surface area contributed by atoms with Crippen molar-refractivity contribution in [2.24, 2.45) is 5.92 Å². The number of aliphatic hydroxyl groups excluding tert-OH is 3. The Hall–Kier alpha value is -0.530. The first kappa shape index (κ1) is 10.6. The molecule has 4 N–H and O–H groups in total. The highest BCUT2D eigenvalue weighted by Gasteiger charge is 2.43. The largest absolute Gasteiger partial charge is 0.385 e. The summed E-state index contributed by atoms with van der Waals surface area (Å²) in [6.45, 7) is 1.42. The zero-order valence-electron chi connectivity index (χ0n) is 6.99. The van der Waals surface area contributed by atoms with E-state index < -0.39 is 36.5 Å². The summed E-state index contributed by atoms with van der Waals surface area (Å²) in [6.07, 6.45) is -6.37. The standard InChI is InChI=1S/C7H12O6/c1-2-3(8)4(9)5(6(10)11)13-7(2)12/h2-3,5-8,10-12H,1H3/t2-,3-,5+,7-/m0/s1. The van der Waals surface area contributed by atoms with E-state index in [1.165, 1.54) is 6.92 Å². The minimum absolute atomic E-state index is 0.762. The fourth-order valence-corrected chi connectivity index (χ4v) is 1.14. The molecule has 1 heterocycles. The van der Waals surface area contributed by atoms with Gasteiger partial charge in [0, 0.05) is 5.92 Å². The summed E-state index contributed by atoms with van der Waals surface area (Å²) in [7, 11) is 0. The third-order valence-corrected chi connectivity index (χ3v) is 2.08. The maximum absolute atomic E-state index is 11.1. The molecule has 0 aromatic heterocycles. The molecule has 76 valence electrons. The molecule has 0 aromatic carbocycles. The lowest BCUT2D eigenvalue weighted by atomic mass is 9.94. The number of ketones is 1. The quantitative estimate of drug-likeness (QED) is 0.344. The molecule has 0 radical (unpaired) electrons. The molecule has 1 aliphatic heterocycles. The minimum Gasteiger partial charge on any atom is -0.385 e. The van der Waals surface area contributed by atoms with E-state index >= 15 is 0 Å². The van der Waals surface area contributed by atoms with Crippen molar-refractivity contribution in [3.63, 3.8) is 0 Å². The summed E-state index contributed by atoms with van der Waals surface area (Å²) in [5, 5.41) is 35.7. The van der Waals surface area contributed by atoms with E-state index in [2.05, 4.69) is 4.74 Å². The van der Waals surface area contributed by atoms with Gasteiger partial charge in [-0.1, -0.05) is 6.92 Å². The monoisotopic (exact) mass is 192 g/mol. The van der Waals surface area contributed by atoms with Gasteiger partial charge in [-0.05, 0) is 0 Å². The second kappa shape index (κ2) is 3.69. The molecule has 13 heavy (non-hydrogen) atoms. The predicted molar refractivity (Wildman–Crippen MR) is 39.3 cm³/mol. The Morgan fingerprint density at radius 3 is 2.38 bits per heavy atom. The second-order valence-corrected chi connectivity index (χ2v) is 3.07. The van der Waals surface area contributed by atoms with E-state index in [1.807, 2.05) is 0 Å². The summed E-state index contributed by atoms with van der Waals surface area (Å²) in [4.78, 5) is 11.1. The number of ether oxygens (including phenoxy) is 1. The maximum Gasteiger partial charge on any atom is 0.195 e. The number of carbonyl (C=O) groups is 1. The van der Waals surface area contributed by atoms with Crippen molar-refractivity contribution in [2.45, 2.75) is 31.7 Å². The lowest BCUT2D eigenvalue weighted by molar-refractivity contribution is -0.252. The van der Waals surface area contributed by atoms with Crippen LogP contribution in [0.25, 0.3) is 0 Å². The summed E-state index contributed by atoms with van der Waals surface area (Å²) in [6, 6.07) is 0. The third kappa shape index (κ3) is 1.87. The molecule has 0 saturated carbocycles.